The summed E-state index contributed by atoms with van der Waals surface area (Å²) in [6.07, 6.45) is 1.82. The van der Waals surface area contributed by atoms with Gasteiger partial charge in [-0.25, -0.2) is 19.9 Å². The smallest absolute Gasteiger partial charge is 0.161 e. The van der Waals surface area contributed by atoms with Crippen molar-refractivity contribution < 1.29 is 13.9 Å². The maximum absolute atomic E-state index is 7.22. The van der Waals surface area contributed by atoms with E-state index >= 15 is 0 Å². The molecule has 6 heterocycles. The summed E-state index contributed by atoms with van der Waals surface area (Å²) in [5, 5.41) is 2.20. The Hall–Kier alpha value is -15.0. The van der Waals surface area contributed by atoms with E-state index in [0.29, 0.717) is 11.6 Å². The van der Waals surface area contributed by atoms with Gasteiger partial charge < -0.3 is 13.9 Å². The van der Waals surface area contributed by atoms with Gasteiger partial charge in [-0.05, 0) is 138 Å². The molecule has 0 fully saturated rings. The van der Waals surface area contributed by atoms with Crippen molar-refractivity contribution in [2.75, 3.05) is 0 Å². The van der Waals surface area contributed by atoms with Crippen LogP contribution in [0.5, 0.6) is 23.0 Å². The van der Waals surface area contributed by atoms with Crippen molar-refractivity contribution in [3.8, 4) is 158 Å². The van der Waals surface area contributed by atoms with Crippen molar-refractivity contribution in [1.29, 1.82) is 0 Å². The van der Waals surface area contributed by atoms with E-state index in [1.165, 1.54) is 44.5 Å². The number of ether oxygens (including phenoxy) is 2. The highest BCUT2D eigenvalue weighted by atomic mass is 16.5. The van der Waals surface area contributed by atoms with Crippen LogP contribution in [0.15, 0.2) is 387 Å². The highest BCUT2D eigenvalue weighted by Crippen LogP contribution is 2.65. The van der Waals surface area contributed by atoms with Crippen LogP contribution in [0.1, 0.15) is 44.5 Å². The molecule has 0 amide bonds. The average Bonchev–Trinajstić information content (AvgIpc) is 1.52. The van der Waals surface area contributed by atoms with E-state index in [4.69, 9.17) is 38.8 Å². The van der Waals surface area contributed by atoms with E-state index in [1.807, 2.05) is 42.6 Å². The first-order valence-corrected chi connectivity index (χ1v) is 38.3. The number of rotatable bonds is 10. The second-order valence-electron chi connectivity index (χ2n) is 29.5. The van der Waals surface area contributed by atoms with Crippen LogP contribution in [-0.2, 0) is 10.8 Å². The highest BCUT2D eigenvalue weighted by molar-refractivity contribution is 6.10. The molecular weight excluding hydrogens is 1380 g/mol. The molecule has 2 spiro atoms. The minimum Gasteiger partial charge on any atom is -0.457 e. The summed E-state index contributed by atoms with van der Waals surface area (Å²) in [5.41, 5.74) is 31.4. The third-order valence-electron chi connectivity index (χ3n) is 23.6. The molecule has 4 aromatic heterocycles. The Morgan fingerprint density at radius 2 is 0.602 bits per heavy atom. The van der Waals surface area contributed by atoms with E-state index in [-0.39, 0.29) is 0 Å². The predicted octanol–water partition coefficient (Wildman–Crippen LogP) is 26.2. The Morgan fingerprint density at radius 1 is 0.212 bits per heavy atom. The van der Waals surface area contributed by atoms with Crippen molar-refractivity contribution in [3.63, 3.8) is 0 Å². The van der Waals surface area contributed by atoms with E-state index in [0.717, 1.165) is 168 Å². The summed E-state index contributed by atoms with van der Waals surface area (Å²) >= 11 is 0. The van der Waals surface area contributed by atoms with Crippen molar-refractivity contribution >= 4 is 21.9 Å². The Kier molecular flexibility index (Phi) is 14.3. The largest absolute Gasteiger partial charge is 0.457 e. The molecule has 2 aliphatic heterocycles. The molecule has 19 aromatic rings. The molecule has 4 aliphatic rings. The maximum atomic E-state index is 7.22. The van der Waals surface area contributed by atoms with Crippen LogP contribution in [0.2, 0.25) is 0 Å². The zero-order valence-electron chi connectivity index (χ0n) is 60.8. The van der Waals surface area contributed by atoms with Gasteiger partial charge in [0.05, 0.1) is 39.3 Å². The molecule has 0 saturated carbocycles. The Morgan fingerprint density at radius 3 is 1.19 bits per heavy atom. The summed E-state index contributed by atoms with van der Waals surface area (Å²) in [6, 6.07) is 134. The second kappa shape index (κ2) is 25.3. The predicted molar refractivity (Wildman–Crippen MR) is 452 cm³/mol. The first-order chi connectivity index (χ1) is 56.0. The van der Waals surface area contributed by atoms with Crippen LogP contribution in [0.3, 0.4) is 0 Å². The van der Waals surface area contributed by atoms with Crippen LogP contribution in [0.25, 0.3) is 157 Å². The van der Waals surface area contributed by atoms with Crippen LogP contribution in [0.4, 0.5) is 0 Å². The van der Waals surface area contributed by atoms with Crippen molar-refractivity contribution in [1.82, 2.24) is 24.9 Å². The molecule has 0 saturated heterocycles. The number of nitrogens with zero attached hydrogens (tertiary/aromatic N) is 5. The van der Waals surface area contributed by atoms with Gasteiger partial charge in [0.25, 0.3) is 0 Å². The van der Waals surface area contributed by atoms with Gasteiger partial charge >= 0.3 is 0 Å². The number of furan rings is 1. The molecule has 1 unspecified atom stereocenters. The van der Waals surface area contributed by atoms with E-state index in [1.54, 1.807) is 0 Å². The molecule has 15 aromatic carbocycles. The SMILES string of the molecule is c1ccc(-c2cc(-c3ccc(-c4cccc5c4oc4ccccc45)cc3)nc(-c3ccccc3-c3ccc4c(c3)Oc3ccccc3C43c4ccccc4-c4c(-c5ccc(-c6cc(-c7ccccn7)nc(-c7ccccc7-c7ccc8c(c7)Oc7ccccc7C87c8ccccc8-c8ccccc87)n6)cc5)cccc43)n2)cc1. The summed E-state index contributed by atoms with van der Waals surface area (Å²) in [6.45, 7) is 0. The molecule has 23 rings (SSSR count). The van der Waals surface area contributed by atoms with Crippen molar-refractivity contribution in [2.45, 2.75) is 10.8 Å². The standard InChI is InChI=1S/C105H63N5O3/c1-2-24-66(25-3-1)91-62-92(67-53-49-65(50-54-67)74-35-22-36-78-77-30-11-17-44-95(77)113-101(74)78)108-102(107-91)79-31-6-4-26-71(79)70-56-58-88-99(61-70)112-97-46-19-16-41-86(97)105(88)84-39-14-10-33-81(84)100-73(34-23-42-89(100)105)64-47-51-68(52-48-64)93-63-94(90-43-20-21-59-106-90)110-103(109-93)80-32-7-5-27-72(80)69-55-57-87-98(60-69)111-96-45-18-15-40-85(96)104(87)82-37-12-8-28-75(82)76-29-9-13-38-83(76)104/h1-63H. The summed E-state index contributed by atoms with van der Waals surface area (Å²) in [5.74, 6) is 4.44. The third-order valence-corrected chi connectivity index (χ3v) is 23.6. The number of pyridine rings is 1. The van der Waals surface area contributed by atoms with Gasteiger partial charge in [-0.1, -0.05) is 322 Å². The lowest BCUT2D eigenvalue weighted by Gasteiger charge is -2.39. The maximum Gasteiger partial charge on any atom is 0.161 e. The second-order valence-corrected chi connectivity index (χ2v) is 29.5. The summed E-state index contributed by atoms with van der Waals surface area (Å²) in [7, 11) is 0. The molecule has 0 radical (unpaired) electrons. The van der Waals surface area contributed by atoms with Crippen LogP contribution < -0.4 is 9.47 Å². The first-order valence-electron chi connectivity index (χ1n) is 38.3. The Labute approximate surface area is 652 Å². The Balaban J connectivity index is 0.607. The zero-order valence-corrected chi connectivity index (χ0v) is 60.8. The van der Waals surface area contributed by atoms with Crippen molar-refractivity contribution in [3.05, 3.63) is 427 Å². The number of aromatic nitrogens is 5. The highest BCUT2D eigenvalue weighted by Gasteiger charge is 2.53. The Bertz CT molecular complexity index is 7090. The van der Waals surface area contributed by atoms with Crippen molar-refractivity contribution in [2.24, 2.45) is 0 Å². The molecule has 113 heavy (non-hydrogen) atoms. The normalized spacial score (nSPS) is 14.1. The quantitative estimate of drug-likeness (QED) is 0.134. The lowest BCUT2D eigenvalue weighted by molar-refractivity contribution is 0.436. The fourth-order valence-electron chi connectivity index (χ4n) is 18.7. The monoisotopic (exact) mass is 1440 g/mol. The van der Waals surface area contributed by atoms with Crippen LogP contribution >= 0.6 is 0 Å². The number of fused-ring (bicyclic) bond motifs is 21. The molecule has 0 N–H and O–H groups in total. The van der Waals surface area contributed by atoms with E-state index < -0.39 is 10.8 Å². The van der Waals surface area contributed by atoms with Gasteiger partial charge in [0.15, 0.2) is 11.6 Å². The molecular formula is C105H63N5O3. The fraction of sp³-hybridized carbons (Fsp3) is 0.0190. The number of benzene rings is 15. The number of hydrogen-bond donors (Lipinski definition) is 0. The van der Waals surface area contributed by atoms with Crippen LogP contribution in [0, 0.1) is 0 Å². The summed E-state index contributed by atoms with van der Waals surface area (Å²) in [4.78, 5) is 26.6. The van der Waals surface area contributed by atoms with E-state index in [9.17, 15) is 0 Å². The van der Waals surface area contributed by atoms with E-state index in [2.05, 4.69) is 340 Å². The average molecular weight is 1440 g/mol. The third kappa shape index (κ3) is 9.79. The lowest BCUT2D eigenvalue weighted by atomic mass is 9.66. The zero-order chi connectivity index (χ0) is 74.3. The molecule has 8 heteroatoms. The fourth-order valence-corrected chi connectivity index (χ4v) is 18.7. The lowest BCUT2D eigenvalue weighted by Crippen LogP contribution is -2.32. The number of para-hydroxylation sites is 4. The topological polar surface area (TPSA) is 96.1 Å². The van der Waals surface area contributed by atoms with Gasteiger partial charge in [-0.2, -0.15) is 0 Å². The minimum absolute atomic E-state index is 0.576. The first kappa shape index (κ1) is 64.0. The molecule has 0 bridgehead atoms. The van der Waals surface area contributed by atoms with Crippen LogP contribution in [-0.4, -0.2) is 24.9 Å². The van der Waals surface area contributed by atoms with Gasteiger partial charge in [-0.15, -0.1) is 0 Å². The van der Waals surface area contributed by atoms with Gasteiger partial charge in [0.2, 0.25) is 0 Å². The van der Waals surface area contributed by atoms with Gasteiger partial charge in [0, 0.05) is 72.6 Å². The van der Waals surface area contributed by atoms with Gasteiger partial charge in [-0.3, -0.25) is 4.98 Å². The van der Waals surface area contributed by atoms with Gasteiger partial charge in [0.1, 0.15) is 34.2 Å². The molecule has 526 valence electrons. The minimum atomic E-state index is -0.746. The summed E-state index contributed by atoms with van der Waals surface area (Å²) < 4.78 is 20.7. The number of hydrogen-bond acceptors (Lipinski definition) is 8. The molecule has 8 nitrogen and oxygen atoms in total. The molecule has 2 aliphatic carbocycles. The molecule has 1 atom stereocenters.